The van der Waals surface area contributed by atoms with Crippen molar-refractivity contribution in [3.63, 3.8) is 0 Å². The van der Waals surface area contributed by atoms with Crippen molar-refractivity contribution in [2.45, 2.75) is 13.0 Å². The Bertz CT molecular complexity index is 502. The molecule has 2 rings (SSSR count). The van der Waals surface area contributed by atoms with Crippen LogP contribution >= 0.6 is 0 Å². The van der Waals surface area contributed by atoms with Gasteiger partial charge in [-0.2, -0.15) is 5.10 Å². The third-order valence-corrected chi connectivity index (χ3v) is 2.79. The summed E-state index contributed by atoms with van der Waals surface area (Å²) < 4.78 is 12.6. The number of rotatable bonds is 4. The Labute approximate surface area is 100 Å². The lowest BCUT2D eigenvalue weighted by Gasteiger charge is -2.04. The van der Waals surface area contributed by atoms with Gasteiger partial charge in [0.15, 0.2) is 5.76 Å². The molecule has 1 N–H and O–H groups in total. The molecule has 0 spiro atoms. The zero-order chi connectivity index (χ0) is 12.4. The van der Waals surface area contributed by atoms with Gasteiger partial charge in [-0.15, -0.1) is 0 Å². The van der Waals surface area contributed by atoms with Crippen LogP contribution in [0.2, 0.25) is 0 Å². The maximum atomic E-state index is 5.74. The average Bonchev–Trinajstić information content (AvgIpc) is 2.94. The van der Waals surface area contributed by atoms with Gasteiger partial charge in [0.1, 0.15) is 11.5 Å². The fourth-order valence-corrected chi connectivity index (χ4v) is 1.63. The van der Waals surface area contributed by atoms with Crippen LogP contribution in [0.25, 0.3) is 11.5 Å². The van der Waals surface area contributed by atoms with E-state index in [1.807, 2.05) is 39.2 Å². The van der Waals surface area contributed by atoms with E-state index < -0.39 is 0 Å². The predicted octanol–water partition coefficient (Wildman–Crippen LogP) is 1.97. The van der Waals surface area contributed by atoms with Gasteiger partial charge in [-0.25, -0.2) is 4.68 Å². The summed E-state index contributed by atoms with van der Waals surface area (Å²) in [6, 6.07) is 5.92. The fraction of sp³-hybridized carbons (Fsp3) is 0.417. The van der Waals surface area contributed by atoms with Gasteiger partial charge in [-0.1, -0.05) is 0 Å². The van der Waals surface area contributed by atoms with Crippen molar-refractivity contribution >= 4 is 0 Å². The first-order valence-corrected chi connectivity index (χ1v) is 5.51. The summed E-state index contributed by atoms with van der Waals surface area (Å²) in [6.45, 7) is 2.04. The summed E-state index contributed by atoms with van der Waals surface area (Å²) in [7, 11) is 5.36. The number of methoxy groups -OCH3 is 1. The van der Waals surface area contributed by atoms with Crippen LogP contribution in [0.3, 0.4) is 0 Å². The molecule has 1 atom stereocenters. The second-order valence-electron chi connectivity index (χ2n) is 3.91. The highest BCUT2D eigenvalue weighted by Gasteiger charge is 2.13. The van der Waals surface area contributed by atoms with Gasteiger partial charge in [-0.3, -0.25) is 0 Å². The third kappa shape index (κ3) is 2.19. The number of aromatic nitrogens is 2. The van der Waals surface area contributed by atoms with E-state index in [1.165, 1.54) is 0 Å². The zero-order valence-corrected chi connectivity index (χ0v) is 10.5. The smallest absolute Gasteiger partial charge is 0.211 e. The molecular weight excluding hydrogens is 218 g/mol. The fourth-order valence-electron chi connectivity index (χ4n) is 1.63. The Morgan fingerprint density at radius 1 is 1.47 bits per heavy atom. The number of nitrogens with zero attached hydrogens (tertiary/aromatic N) is 2. The minimum atomic E-state index is 0.189. The predicted molar refractivity (Wildman–Crippen MR) is 64.9 cm³/mol. The van der Waals surface area contributed by atoms with E-state index in [9.17, 15) is 0 Å². The highest BCUT2D eigenvalue weighted by atomic mass is 16.5. The minimum Gasteiger partial charge on any atom is -0.481 e. The van der Waals surface area contributed by atoms with Crippen molar-refractivity contribution in [1.82, 2.24) is 15.1 Å². The molecule has 2 heterocycles. The lowest BCUT2D eigenvalue weighted by atomic mass is 10.2. The molecule has 0 saturated heterocycles. The van der Waals surface area contributed by atoms with Crippen molar-refractivity contribution in [2.75, 3.05) is 14.2 Å². The van der Waals surface area contributed by atoms with Crippen LogP contribution in [0.15, 0.2) is 22.6 Å². The number of aryl methyl sites for hydroxylation is 1. The molecule has 0 fully saturated rings. The molecule has 0 aromatic carbocycles. The van der Waals surface area contributed by atoms with Crippen LogP contribution in [-0.4, -0.2) is 23.9 Å². The summed E-state index contributed by atoms with van der Waals surface area (Å²) in [5.74, 6) is 2.35. The van der Waals surface area contributed by atoms with Crippen LogP contribution in [0.1, 0.15) is 18.7 Å². The van der Waals surface area contributed by atoms with Crippen molar-refractivity contribution < 1.29 is 9.15 Å². The van der Waals surface area contributed by atoms with Gasteiger partial charge in [0.05, 0.1) is 13.2 Å². The molecule has 5 nitrogen and oxygen atoms in total. The van der Waals surface area contributed by atoms with Crippen LogP contribution in [0, 0.1) is 0 Å². The number of nitrogens with one attached hydrogen (secondary N) is 1. The highest BCUT2D eigenvalue weighted by molar-refractivity contribution is 5.54. The molecule has 5 heteroatoms. The molecule has 0 saturated carbocycles. The number of hydrogen-bond donors (Lipinski definition) is 1. The van der Waals surface area contributed by atoms with E-state index in [1.54, 1.807) is 11.8 Å². The summed E-state index contributed by atoms with van der Waals surface area (Å²) in [5.41, 5.74) is 0.777. The summed E-state index contributed by atoms with van der Waals surface area (Å²) in [5, 5.41) is 7.46. The third-order valence-electron chi connectivity index (χ3n) is 2.79. The first-order valence-electron chi connectivity index (χ1n) is 5.51. The first kappa shape index (κ1) is 11.7. The lowest BCUT2D eigenvalue weighted by molar-refractivity contribution is 0.373. The van der Waals surface area contributed by atoms with Gasteiger partial charge in [0.25, 0.3) is 0 Å². The van der Waals surface area contributed by atoms with Crippen LogP contribution in [0.5, 0.6) is 5.88 Å². The molecule has 0 aliphatic heterocycles. The van der Waals surface area contributed by atoms with E-state index in [0.29, 0.717) is 5.88 Å². The zero-order valence-electron chi connectivity index (χ0n) is 10.5. The molecule has 0 amide bonds. The van der Waals surface area contributed by atoms with E-state index in [4.69, 9.17) is 9.15 Å². The van der Waals surface area contributed by atoms with Gasteiger partial charge in [0, 0.05) is 13.1 Å². The van der Waals surface area contributed by atoms with Crippen LogP contribution < -0.4 is 10.1 Å². The average molecular weight is 235 g/mol. The molecule has 92 valence electrons. The second kappa shape index (κ2) is 4.63. The second-order valence-corrected chi connectivity index (χ2v) is 3.91. The molecule has 17 heavy (non-hydrogen) atoms. The highest BCUT2D eigenvalue weighted by Crippen LogP contribution is 2.26. The maximum Gasteiger partial charge on any atom is 0.211 e. The van der Waals surface area contributed by atoms with E-state index in [2.05, 4.69) is 10.4 Å². The number of hydrogen-bond acceptors (Lipinski definition) is 4. The van der Waals surface area contributed by atoms with E-state index in [0.717, 1.165) is 17.2 Å². The van der Waals surface area contributed by atoms with Gasteiger partial charge in [0.2, 0.25) is 5.88 Å². The Hall–Kier alpha value is -1.75. The topological polar surface area (TPSA) is 52.2 Å². The van der Waals surface area contributed by atoms with Crippen molar-refractivity contribution in [1.29, 1.82) is 0 Å². The van der Waals surface area contributed by atoms with Gasteiger partial charge in [-0.05, 0) is 26.1 Å². The Kier molecular flexibility index (Phi) is 3.19. The molecule has 2 aromatic rings. The molecular formula is C12H17N3O2. The molecule has 1 unspecified atom stereocenters. The Morgan fingerprint density at radius 2 is 2.24 bits per heavy atom. The van der Waals surface area contributed by atoms with Crippen LogP contribution in [-0.2, 0) is 7.05 Å². The van der Waals surface area contributed by atoms with Gasteiger partial charge >= 0.3 is 0 Å². The first-order chi connectivity index (χ1) is 8.15. The lowest BCUT2D eigenvalue weighted by Crippen LogP contribution is -2.11. The van der Waals surface area contributed by atoms with Gasteiger partial charge < -0.3 is 14.5 Å². The van der Waals surface area contributed by atoms with Crippen molar-refractivity contribution in [3.8, 4) is 17.3 Å². The van der Waals surface area contributed by atoms with Crippen LogP contribution in [0.4, 0.5) is 0 Å². The Morgan fingerprint density at radius 3 is 2.82 bits per heavy atom. The Balaban J connectivity index is 2.30. The number of furan rings is 1. The molecule has 0 radical (unpaired) electrons. The normalized spacial score (nSPS) is 12.7. The largest absolute Gasteiger partial charge is 0.481 e. The van der Waals surface area contributed by atoms with E-state index >= 15 is 0 Å². The number of ether oxygens (including phenoxy) is 1. The molecule has 2 aromatic heterocycles. The van der Waals surface area contributed by atoms with E-state index in [-0.39, 0.29) is 6.04 Å². The maximum absolute atomic E-state index is 5.74. The quantitative estimate of drug-likeness (QED) is 0.880. The minimum absolute atomic E-state index is 0.189. The standard InChI is InChI=1S/C12H17N3O2/c1-8(13-2)10-5-6-11(17-10)9-7-12(16-4)15(3)14-9/h5-8,13H,1-4H3. The molecule has 0 bridgehead atoms. The SMILES string of the molecule is CNC(C)c1ccc(-c2cc(OC)n(C)n2)o1. The summed E-state index contributed by atoms with van der Waals surface area (Å²) >= 11 is 0. The molecule has 0 aliphatic rings. The van der Waals surface area contributed by atoms with Crippen molar-refractivity contribution in [2.24, 2.45) is 7.05 Å². The summed E-state index contributed by atoms with van der Waals surface area (Å²) in [4.78, 5) is 0. The molecule has 0 aliphatic carbocycles. The summed E-state index contributed by atoms with van der Waals surface area (Å²) in [6.07, 6.45) is 0. The monoisotopic (exact) mass is 235 g/mol. The van der Waals surface area contributed by atoms with Crippen molar-refractivity contribution in [3.05, 3.63) is 24.0 Å².